The van der Waals surface area contributed by atoms with Crippen LogP contribution in [0.1, 0.15) is 24.0 Å². The van der Waals surface area contributed by atoms with Crippen molar-refractivity contribution in [3.05, 3.63) is 47.5 Å². The predicted octanol–water partition coefficient (Wildman–Crippen LogP) is 3.70. The average Bonchev–Trinajstić information content (AvgIpc) is 2.63. The number of phenols is 2. The number of methoxy groups -OCH3 is 2. The van der Waals surface area contributed by atoms with Crippen molar-refractivity contribution in [1.82, 2.24) is 0 Å². The Labute approximate surface area is 148 Å². The van der Waals surface area contributed by atoms with Crippen LogP contribution in [0, 0.1) is 0 Å². The largest absolute Gasteiger partial charge is 0.504 e. The summed E-state index contributed by atoms with van der Waals surface area (Å²) in [4.78, 5) is 0. The number of rotatable bonds is 10. The Balaban J connectivity index is 1.62. The maximum absolute atomic E-state index is 9.57. The second-order valence-corrected chi connectivity index (χ2v) is 5.83. The molecule has 2 aromatic carbocycles. The molecule has 136 valence electrons. The van der Waals surface area contributed by atoms with Crippen molar-refractivity contribution in [1.29, 1.82) is 0 Å². The van der Waals surface area contributed by atoms with E-state index in [-0.39, 0.29) is 11.5 Å². The average molecular weight is 346 g/mol. The van der Waals surface area contributed by atoms with Crippen LogP contribution in [-0.2, 0) is 17.6 Å². The van der Waals surface area contributed by atoms with Crippen molar-refractivity contribution in [3.63, 3.8) is 0 Å². The van der Waals surface area contributed by atoms with Gasteiger partial charge >= 0.3 is 0 Å². The van der Waals surface area contributed by atoms with Gasteiger partial charge in [-0.3, -0.25) is 0 Å². The molecule has 0 aliphatic heterocycles. The topological polar surface area (TPSA) is 68.2 Å². The highest BCUT2D eigenvalue weighted by Crippen LogP contribution is 2.27. The van der Waals surface area contributed by atoms with Crippen LogP contribution in [0.5, 0.6) is 23.0 Å². The lowest BCUT2D eigenvalue weighted by Crippen LogP contribution is -2.00. The van der Waals surface area contributed by atoms with Crippen LogP contribution in [0.3, 0.4) is 0 Å². The molecule has 2 rings (SSSR count). The summed E-state index contributed by atoms with van der Waals surface area (Å²) in [6.07, 6.45) is 3.60. The summed E-state index contributed by atoms with van der Waals surface area (Å²) in [5.41, 5.74) is 2.24. The number of aryl methyl sites for hydroxylation is 2. The van der Waals surface area contributed by atoms with Gasteiger partial charge in [-0.15, -0.1) is 0 Å². The Kier molecular flexibility index (Phi) is 7.41. The number of ether oxygens (including phenoxy) is 3. The van der Waals surface area contributed by atoms with Gasteiger partial charge in [-0.2, -0.15) is 0 Å². The standard InChI is InChI=1S/C20H26O5/c1-23-19-13-15(7-9-17(19)21)5-3-11-25-12-4-6-16-8-10-18(22)20(14-16)24-2/h7-10,13-14,21-22H,3-6,11-12H2,1-2H3. The fourth-order valence-corrected chi connectivity index (χ4v) is 2.61. The molecule has 0 saturated heterocycles. The maximum atomic E-state index is 9.57. The third kappa shape index (κ3) is 5.87. The van der Waals surface area contributed by atoms with Gasteiger partial charge in [-0.25, -0.2) is 0 Å². The molecule has 0 amide bonds. The molecular formula is C20H26O5. The summed E-state index contributed by atoms with van der Waals surface area (Å²) < 4.78 is 15.9. The first-order chi connectivity index (χ1) is 12.1. The molecule has 5 heteroatoms. The minimum absolute atomic E-state index is 0.161. The summed E-state index contributed by atoms with van der Waals surface area (Å²) in [6.45, 7) is 1.39. The molecule has 0 aliphatic carbocycles. The van der Waals surface area contributed by atoms with E-state index in [1.54, 1.807) is 26.4 Å². The van der Waals surface area contributed by atoms with E-state index >= 15 is 0 Å². The van der Waals surface area contributed by atoms with Gasteiger partial charge in [0, 0.05) is 13.2 Å². The SMILES string of the molecule is COc1cc(CCCOCCCc2ccc(O)c(OC)c2)ccc1O. The van der Waals surface area contributed by atoms with E-state index in [0.29, 0.717) is 24.7 Å². The van der Waals surface area contributed by atoms with Crippen LogP contribution in [0.15, 0.2) is 36.4 Å². The monoisotopic (exact) mass is 346 g/mol. The molecule has 2 aromatic rings. The Hall–Kier alpha value is -2.40. The molecular weight excluding hydrogens is 320 g/mol. The minimum Gasteiger partial charge on any atom is -0.504 e. The molecule has 5 nitrogen and oxygen atoms in total. The van der Waals surface area contributed by atoms with Crippen molar-refractivity contribution in [2.45, 2.75) is 25.7 Å². The molecule has 0 radical (unpaired) electrons. The third-order valence-corrected chi connectivity index (χ3v) is 4.00. The zero-order valence-corrected chi connectivity index (χ0v) is 14.8. The van der Waals surface area contributed by atoms with Crippen molar-refractivity contribution in [2.75, 3.05) is 27.4 Å². The zero-order valence-electron chi connectivity index (χ0n) is 14.8. The van der Waals surface area contributed by atoms with Crippen molar-refractivity contribution < 1.29 is 24.4 Å². The van der Waals surface area contributed by atoms with Gasteiger partial charge in [0.1, 0.15) is 0 Å². The number of hydrogen-bond acceptors (Lipinski definition) is 5. The van der Waals surface area contributed by atoms with Crippen molar-refractivity contribution in [2.24, 2.45) is 0 Å². The summed E-state index contributed by atoms with van der Waals surface area (Å²) in [7, 11) is 3.09. The highest BCUT2D eigenvalue weighted by atomic mass is 16.5. The first-order valence-electron chi connectivity index (χ1n) is 8.43. The van der Waals surface area contributed by atoms with Crippen molar-refractivity contribution in [3.8, 4) is 23.0 Å². The summed E-state index contributed by atoms with van der Waals surface area (Å²) in [6, 6.07) is 10.8. The molecule has 0 bridgehead atoms. The maximum Gasteiger partial charge on any atom is 0.160 e. The normalized spacial score (nSPS) is 10.6. The zero-order chi connectivity index (χ0) is 18.1. The van der Waals surface area contributed by atoms with E-state index in [1.165, 1.54) is 0 Å². The highest BCUT2D eigenvalue weighted by Gasteiger charge is 2.04. The van der Waals surface area contributed by atoms with E-state index in [0.717, 1.165) is 36.8 Å². The van der Waals surface area contributed by atoms with Gasteiger partial charge in [0.15, 0.2) is 23.0 Å². The number of benzene rings is 2. The lowest BCUT2D eigenvalue weighted by molar-refractivity contribution is 0.130. The first kappa shape index (κ1) is 18.9. The molecule has 0 aromatic heterocycles. The van der Waals surface area contributed by atoms with E-state index in [1.807, 2.05) is 24.3 Å². The summed E-state index contributed by atoms with van der Waals surface area (Å²) in [5, 5.41) is 19.1. The van der Waals surface area contributed by atoms with Gasteiger partial charge in [0.05, 0.1) is 14.2 Å². The van der Waals surface area contributed by atoms with E-state index in [9.17, 15) is 10.2 Å². The van der Waals surface area contributed by atoms with Crippen LogP contribution in [0.4, 0.5) is 0 Å². The van der Waals surface area contributed by atoms with E-state index in [4.69, 9.17) is 14.2 Å². The van der Waals surface area contributed by atoms with Gasteiger partial charge in [0.2, 0.25) is 0 Å². The Morgan fingerprint density at radius 2 is 1.16 bits per heavy atom. The fraction of sp³-hybridized carbons (Fsp3) is 0.400. The van der Waals surface area contributed by atoms with E-state index in [2.05, 4.69) is 0 Å². The van der Waals surface area contributed by atoms with Crippen LogP contribution < -0.4 is 9.47 Å². The van der Waals surface area contributed by atoms with Crippen LogP contribution in [0.25, 0.3) is 0 Å². The van der Waals surface area contributed by atoms with Gasteiger partial charge < -0.3 is 24.4 Å². The number of phenolic OH excluding ortho intramolecular Hbond substituents is 2. The molecule has 0 atom stereocenters. The molecule has 0 fully saturated rings. The van der Waals surface area contributed by atoms with Gasteiger partial charge in [-0.1, -0.05) is 12.1 Å². The number of aromatic hydroxyl groups is 2. The van der Waals surface area contributed by atoms with Gasteiger partial charge in [-0.05, 0) is 61.1 Å². The van der Waals surface area contributed by atoms with E-state index < -0.39 is 0 Å². The molecule has 0 unspecified atom stereocenters. The third-order valence-electron chi connectivity index (χ3n) is 4.00. The smallest absolute Gasteiger partial charge is 0.160 e. The van der Waals surface area contributed by atoms with Crippen LogP contribution >= 0.6 is 0 Å². The second kappa shape index (κ2) is 9.79. The second-order valence-electron chi connectivity index (χ2n) is 5.83. The van der Waals surface area contributed by atoms with Gasteiger partial charge in [0.25, 0.3) is 0 Å². The Morgan fingerprint density at radius 1 is 0.720 bits per heavy atom. The lowest BCUT2D eigenvalue weighted by atomic mass is 10.1. The molecule has 2 N–H and O–H groups in total. The highest BCUT2D eigenvalue weighted by molar-refractivity contribution is 5.42. The predicted molar refractivity (Wildman–Crippen MR) is 96.8 cm³/mol. The summed E-state index contributed by atoms with van der Waals surface area (Å²) in [5.74, 6) is 1.33. The first-order valence-corrected chi connectivity index (χ1v) is 8.43. The minimum atomic E-state index is 0.161. The molecule has 0 aliphatic rings. The fourth-order valence-electron chi connectivity index (χ4n) is 2.61. The summed E-state index contributed by atoms with van der Waals surface area (Å²) >= 11 is 0. The molecule has 0 heterocycles. The Bertz CT molecular complexity index is 612. The Morgan fingerprint density at radius 3 is 1.56 bits per heavy atom. The molecule has 0 saturated carbocycles. The molecule has 0 spiro atoms. The quantitative estimate of drug-likeness (QED) is 0.642. The van der Waals surface area contributed by atoms with Crippen LogP contribution in [0.2, 0.25) is 0 Å². The lowest BCUT2D eigenvalue weighted by Gasteiger charge is -2.08. The molecule has 25 heavy (non-hydrogen) atoms. The number of hydrogen-bond donors (Lipinski definition) is 2. The van der Waals surface area contributed by atoms with Crippen LogP contribution in [-0.4, -0.2) is 37.6 Å². The van der Waals surface area contributed by atoms with Crippen molar-refractivity contribution >= 4 is 0 Å².